The number of nitrogens with zero attached hydrogens (tertiary/aromatic N) is 2. The molecular weight excluding hydrogens is 408 g/mol. The Morgan fingerprint density at radius 1 is 1.07 bits per heavy atom. The maximum atomic E-state index is 12.8. The molecule has 6 nitrogen and oxygen atoms in total. The van der Waals surface area contributed by atoms with E-state index in [2.05, 4.69) is 20.8 Å². The number of hydrogen-bond donors (Lipinski definition) is 2. The van der Waals surface area contributed by atoms with E-state index >= 15 is 0 Å². The van der Waals surface area contributed by atoms with E-state index in [4.69, 9.17) is 11.6 Å². The molecule has 0 saturated carbocycles. The first-order valence-corrected chi connectivity index (χ1v) is 10.3. The number of aryl methyl sites for hydroxylation is 1. The number of halogens is 1. The predicted molar refractivity (Wildman–Crippen MR) is 116 cm³/mol. The van der Waals surface area contributed by atoms with E-state index in [1.807, 2.05) is 45.0 Å². The molecule has 0 saturated heterocycles. The van der Waals surface area contributed by atoms with Crippen LogP contribution in [0.2, 0.25) is 5.02 Å². The minimum atomic E-state index is -0.745. The van der Waals surface area contributed by atoms with E-state index in [0.29, 0.717) is 20.7 Å². The summed E-state index contributed by atoms with van der Waals surface area (Å²) in [7, 11) is 0. The van der Waals surface area contributed by atoms with Gasteiger partial charge in [-0.25, -0.2) is 0 Å². The molecule has 3 rings (SSSR count). The van der Waals surface area contributed by atoms with Crippen LogP contribution in [0.25, 0.3) is 10.6 Å². The average Bonchev–Trinajstić information content (AvgIpc) is 3.14. The number of rotatable bonds is 6. The molecule has 0 aliphatic carbocycles. The van der Waals surface area contributed by atoms with Gasteiger partial charge in [0.15, 0.2) is 0 Å². The van der Waals surface area contributed by atoms with Crippen LogP contribution < -0.4 is 10.6 Å². The van der Waals surface area contributed by atoms with Gasteiger partial charge >= 0.3 is 0 Å². The molecule has 2 aromatic carbocycles. The number of anilines is 1. The van der Waals surface area contributed by atoms with E-state index in [-0.39, 0.29) is 11.8 Å². The molecule has 0 aliphatic rings. The SMILES string of the molecule is Cc1cccc(-c2nnc(NC(=O)C(NC(=O)c3ccccc3Cl)C(C)C)s2)c1. The lowest BCUT2D eigenvalue weighted by Crippen LogP contribution is -2.47. The summed E-state index contributed by atoms with van der Waals surface area (Å²) in [6, 6.07) is 13.9. The van der Waals surface area contributed by atoms with E-state index in [9.17, 15) is 9.59 Å². The second kappa shape index (κ2) is 9.15. The quantitative estimate of drug-likeness (QED) is 0.602. The molecule has 0 radical (unpaired) electrons. The standard InChI is InChI=1S/C21H21ClN4O2S/c1-12(2)17(23-18(27)15-9-4-5-10-16(15)22)19(28)24-21-26-25-20(29-21)14-8-6-7-13(3)11-14/h4-12,17H,1-3H3,(H,23,27)(H,24,26,28). The van der Waals surface area contributed by atoms with Gasteiger partial charge in [0, 0.05) is 5.56 Å². The Balaban J connectivity index is 1.72. The van der Waals surface area contributed by atoms with Crippen molar-refractivity contribution in [3.63, 3.8) is 0 Å². The third-order valence-electron chi connectivity index (χ3n) is 4.27. The molecule has 150 valence electrons. The molecule has 0 spiro atoms. The molecule has 0 bridgehead atoms. The van der Waals surface area contributed by atoms with Crippen molar-refractivity contribution in [2.75, 3.05) is 5.32 Å². The molecule has 1 atom stereocenters. The van der Waals surface area contributed by atoms with Gasteiger partial charge in [-0.1, -0.05) is 72.7 Å². The molecule has 3 aromatic rings. The third-order valence-corrected chi connectivity index (χ3v) is 5.49. The topological polar surface area (TPSA) is 84.0 Å². The number of hydrogen-bond acceptors (Lipinski definition) is 5. The third kappa shape index (κ3) is 5.19. The predicted octanol–water partition coefficient (Wildman–Crippen LogP) is 4.56. The summed E-state index contributed by atoms with van der Waals surface area (Å²) in [5.74, 6) is -0.889. The number of amides is 2. The van der Waals surface area contributed by atoms with Gasteiger partial charge < -0.3 is 5.32 Å². The van der Waals surface area contributed by atoms with E-state index in [1.54, 1.807) is 24.3 Å². The number of benzene rings is 2. The van der Waals surface area contributed by atoms with Crippen molar-refractivity contribution in [1.29, 1.82) is 0 Å². The minimum Gasteiger partial charge on any atom is -0.340 e. The van der Waals surface area contributed by atoms with Crippen molar-refractivity contribution < 1.29 is 9.59 Å². The van der Waals surface area contributed by atoms with Gasteiger partial charge in [0.2, 0.25) is 11.0 Å². The molecule has 8 heteroatoms. The first-order valence-electron chi connectivity index (χ1n) is 9.12. The molecule has 2 N–H and O–H groups in total. The first kappa shape index (κ1) is 21.0. The van der Waals surface area contributed by atoms with Crippen molar-refractivity contribution in [2.45, 2.75) is 26.8 Å². The molecular formula is C21H21ClN4O2S. The Kier molecular flexibility index (Phi) is 6.61. The van der Waals surface area contributed by atoms with E-state index < -0.39 is 11.9 Å². The summed E-state index contributed by atoms with van der Waals surface area (Å²) in [5, 5.41) is 15.2. The summed E-state index contributed by atoms with van der Waals surface area (Å²) in [6.45, 7) is 5.72. The second-order valence-electron chi connectivity index (χ2n) is 6.95. The Hall–Kier alpha value is -2.77. The molecule has 0 fully saturated rings. The van der Waals surface area contributed by atoms with Crippen LogP contribution in [-0.4, -0.2) is 28.1 Å². The fourth-order valence-electron chi connectivity index (χ4n) is 2.75. The highest BCUT2D eigenvalue weighted by molar-refractivity contribution is 7.18. The highest BCUT2D eigenvalue weighted by Gasteiger charge is 2.26. The van der Waals surface area contributed by atoms with Crippen molar-refractivity contribution in [1.82, 2.24) is 15.5 Å². The number of nitrogens with one attached hydrogen (secondary N) is 2. The summed E-state index contributed by atoms with van der Waals surface area (Å²) in [5.41, 5.74) is 2.38. The maximum Gasteiger partial charge on any atom is 0.253 e. The fourth-order valence-corrected chi connectivity index (χ4v) is 3.72. The summed E-state index contributed by atoms with van der Waals surface area (Å²) in [4.78, 5) is 25.3. The summed E-state index contributed by atoms with van der Waals surface area (Å²) in [6.07, 6.45) is 0. The number of aromatic nitrogens is 2. The van der Waals surface area contributed by atoms with E-state index in [1.165, 1.54) is 11.3 Å². The van der Waals surface area contributed by atoms with Crippen molar-refractivity contribution in [3.05, 3.63) is 64.7 Å². The lowest BCUT2D eigenvalue weighted by atomic mass is 10.0. The van der Waals surface area contributed by atoms with Crippen LogP contribution in [0.4, 0.5) is 5.13 Å². The smallest absolute Gasteiger partial charge is 0.253 e. The Labute approximate surface area is 178 Å². The van der Waals surface area contributed by atoms with Crippen LogP contribution >= 0.6 is 22.9 Å². The maximum absolute atomic E-state index is 12.8. The monoisotopic (exact) mass is 428 g/mol. The molecule has 0 aliphatic heterocycles. The number of carbonyl (C=O) groups excluding carboxylic acids is 2. The Morgan fingerprint density at radius 3 is 2.52 bits per heavy atom. The fraction of sp³-hybridized carbons (Fsp3) is 0.238. The van der Waals surface area contributed by atoms with Gasteiger partial charge in [-0.15, -0.1) is 10.2 Å². The highest BCUT2D eigenvalue weighted by Crippen LogP contribution is 2.27. The minimum absolute atomic E-state index is 0.134. The zero-order valence-corrected chi connectivity index (χ0v) is 17.8. The van der Waals surface area contributed by atoms with Crippen molar-refractivity contribution in [2.24, 2.45) is 5.92 Å². The largest absolute Gasteiger partial charge is 0.340 e. The van der Waals surface area contributed by atoms with Crippen molar-refractivity contribution in [3.8, 4) is 10.6 Å². The lowest BCUT2D eigenvalue weighted by molar-refractivity contribution is -0.118. The van der Waals surface area contributed by atoms with Crippen LogP contribution in [0.3, 0.4) is 0 Å². The van der Waals surface area contributed by atoms with Crippen LogP contribution in [-0.2, 0) is 4.79 Å². The van der Waals surface area contributed by atoms with Gasteiger partial charge in [0.05, 0.1) is 10.6 Å². The van der Waals surface area contributed by atoms with Crippen molar-refractivity contribution >= 4 is 39.9 Å². The number of carbonyl (C=O) groups is 2. The molecule has 29 heavy (non-hydrogen) atoms. The Bertz CT molecular complexity index is 1030. The van der Waals surface area contributed by atoms with Crippen LogP contribution in [0.5, 0.6) is 0 Å². The lowest BCUT2D eigenvalue weighted by Gasteiger charge is -2.21. The molecule has 1 aromatic heterocycles. The Morgan fingerprint density at radius 2 is 1.83 bits per heavy atom. The zero-order chi connectivity index (χ0) is 21.0. The summed E-state index contributed by atoms with van der Waals surface area (Å²) >= 11 is 7.37. The molecule has 1 unspecified atom stereocenters. The van der Waals surface area contributed by atoms with Gasteiger partial charge in [-0.05, 0) is 31.0 Å². The van der Waals surface area contributed by atoms with Crippen LogP contribution in [0.1, 0.15) is 29.8 Å². The zero-order valence-electron chi connectivity index (χ0n) is 16.3. The summed E-state index contributed by atoms with van der Waals surface area (Å²) < 4.78 is 0. The highest BCUT2D eigenvalue weighted by atomic mass is 35.5. The first-order chi connectivity index (χ1) is 13.8. The van der Waals surface area contributed by atoms with Gasteiger partial charge in [-0.2, -0.15) is 0 Å². The van der Waals surface area contributed by atoms with Gasteiger partial charge in [0.25, 0.3) is 5.91 Å². The van der Waals surface area contributed by atoms with Crippen LogP contribution in [0, 0.1) is 12.8 Å². The normalized spacial score (nSPS) is 11.9. The molecule has 2 amide bonds. The van der Waals surface area contributed by atoms with Gasteiger partial charge in [0.1, 0.15) is 11.0 Å². The van der Waals surface area contributed by atoms with E-state index in [0.717, 1.165) is 11.1 Å². The second-order valence-corrected chi connectivity index (χ2v) is 8.33. The van der Waals surface area contributed by atoms with Crippen LogP contribution in [0.15, 0.2) is 48.5 Å². The molecule has 1 heterocycles. The van der Waals surface area contributed by atoms with Gasteiger partial charge in [-0.3, -0.25) is 14.9 Å². The average molecular weight is 429 g/mol.